The van der Waals surface area contributed by atoms with Crippen LogP contribution in [-0.4, -0.2) is 110 Å². The third kappa shape index (κ3) is 14.0. The number of amides is 7. The van der Waals surface area contributed by atoms with E-state index in [1.807, 2.05) is 24.3 Å². The minimum absolute atomic E-state index is 0.00828. The van der Waals surface area contributed by atoms with Gasteiger partial charge in [0.25, 0.3) is 5.91 Å². The number of nitrogens with one attached hydrogen (secondary N) is 7. The van der Waals surface area contributed by atoms with Crippen molar-refractivity contribution in [3.05, 3.63) is 90.1 Å². The number of H-pyrrole nitrogens is 2. The van der Waals surface area contributed by atoms with Crippen molar-refractivity contribution in [3.8, 4) is 0 Å². The van der Waals surface area contributed by atoms with E-state index in [-0.39, 0.29) is 25.7 Å². The molecule has 0 aliphatic rings. The molecule has 2 aromatic heterocycles. The zero-order valence-corrected chi connectivity index (χ0v) is 32.6. The van der Waals surface area contributed by atoms with Gasteiger partial charge >= 0.3 is 12.0 Å². The highest BCUT2D eigenvalue weighted by Gasteiger charge is 2.31. The van der Waals surface area contributed by atoms with Gasteiger partial charge in [-0.15, -0.1) is 0 Å². The Hall–Kier alpha value is -6.80. The van der Waals surface area contributed by atoms with Gasteiger partial charge in [-0.25, -0.2) is 14.8 Å². The van der Waals surface area contributed by atoms with Crippen LogP contribution in [0.2, 0.25) is 0 Å². The molecule has 2 heterocycles. The van der Waals surface area contributed by atoms with E-state index < -0.39 is 84.7 Å². The third-order valence-corrected chi connectivity index (χ3v) is 9.36. The number of hydrogen-bond donors (Lipinski definition) is 11. The number of carboxylic acids is 1. The lowest BCUT2D eigenvalue weighted by Gasteiger charge is -2.28. The highest BCUT2D eigenvalue weighted by molar-refractivity contribution is 5.95. The van der Waals surface area contributed by atoms with Gasteiger partial charge in [-0.1, -0.05) is 48.5 Å². The summed E-state index contributed by atoms with van der Waals surface area (Å²) in [4.78, 5) is 102. The van der Waals surface area contributed by atoms with Crippen LogP contribution in [0.25, 0.3) is 10.9 Å². The second-order valence-electron chi connectivity index (χ2n) is 14.0. The molecular weight excluding hydrogens is 765 g/mol. The molecule has 0 aliphatic heterocycles. The molecule has 20 nitrogen and oxygen atoms in total. The number of aromatic amines is 2. The van der Waals surface area contributed by atoms with Crippen LogP contribution in [0.1, 0.15) is 49.4 Å². The molecule has 0 aliphatic carbocycles. The SMILES string of the molecule is C[C@H](NC(=O)[C@@H](Cc1c[nH]c2ccccc12)NC(=O)[C@@H](N)Cc1cnc[nH]1)C(=O)NN(CCC(=O)O)C(=O)N[C@H](Cc1ccccc1)C(=O)N[C@@H](CCCCN)C(N)=O. The first-order valence-electron chi connectivity index (χ1n) is 19.1. The highest BCUT2D eigenvalue weighted by atomic mass is 16.4. The number of carbonyl (C=O) groups excluding carboxylic acids is 6. The number of para-hydroxylation sites is 1. The van der Waals surface area contributed by atoms with Crippen LogP contribution >= 0.6 is 0 Å². The average molecular weight is 817 g/mol. The molecule has 14 N–H and O–H groups in total. The maximum Gasteiger partial charge on any atom is 0.336 e. The minimum atomic E-state index is -1.34. The molecule has 0 saturated carbocycles. The number of fused-ring (bicyclic) bond motifs is 1. The predicted octanol–water partition coefficient (Wildman–Crippen LogP) is -0.779. The Bertz CT molecular complexity index is 2040. The van der Waals surface area contributed by atoms with Gasteiger partial charge in [0.1, 0.15) is 24.2 Å². The van der Waals surface area contributed by atoms with Crippen LogP contribution in [0, 0.1) is 0 Å². The van der Waals surface area contributed by atoms with Gasteiger partial charge < -0.3 is 53.5 Å². The third-order valence-electron chi connectivity index (χ3n) is 9.36. The van der Waals surface area contributed by atoms with Crippen LogP contribution in [-0.2, 0) is 48.0 Å². The summed E-state index contributed by atoms with van der Waals surface area (Å²) >= 11 is 0. The topological polar surface area (TPSA) is 326 Å². The van der Waals surface area contributed by atoms with Gasteiger partial charge in [0.05, 0.1) is 25.3 Å². The molecular formula is C39H52N12O8. The normalized spacial score (nSPS) is 13.5. The number of rotatable bonds is 22. The lowest BCUT2D eigenvalue weighted by molar-refractivity contribution is -0.138. The van der Waals surface area contributed by atoms with E-state index in [9.17, 15) is 38.7 Å². The zero-order chi connectivity index (χ0) is 42.9. The fourth-order valence-corrected chi connectivity index (χ4v) is 6.10. The number of carboxylic acid groups (broad SMARTS) is 1. The van der Waals surface area contributed by atoms with Crippen molar-refractivity contribution >= 4 is 52.4 Å². The molecule has 20 heteroatoms. The number of carbonyl (C=O) groups is 7. The van der Waals surface area contributed by atoms with Crippen LogP contribution in [0.4, 0.5) is 4.79 Å². The largest absolute Gasteiger partial charge is 0.481 e. The Morgan fingerprint density at radius 1 is 0.797 bits per heavy atom. The van der Waals surface area contributed by atoms with E-state index in [0.717, 1.165) is 10.9 Å². The average Bonchev–Trinajstić information content (AvgIpc) is 3.88. The van der Waals surface area contributed by atoms with Crippen molar-refractivity contribution in [1.82, 2.24) is 46.7 Å². The fraction of sp³-hybridized carbons (Fsp3) is 0.385. The molecule has 0 unspecified atom stereocenters. The maximum absolute atomic E-state index is 13.8. The van der Waals surface area contributed by atoms with E-state index in [2.05, 4.69) is 41.6 Å². The van der Waals surface area contributed by atoms with Gasteiger partial charge in [-0.05, 0) is 49.9 Å². The van der Waals surface area contributed by atoms with E-state index in [0.29, 0.717) is 41.2 Å². The summed E-state index contributed by atoms with van der Waals surface area (Å²) < 4.78 is 0. The first kappa shape index (κ1) is 44.9. The maximum atomic E-state index is 13.8. The van der Waals surface area contributed by atoms with Crippen molar-refractivity contribution in [2.45, 2.75) is 82.1 Å². The minimum Gasteiger partial charge on any atom is -0.481 e. The second kappa shape index (κ2) is 22.2. The molecule has 59 heavy (non-hydrogen) atoms. The molecule has 2 aromatic carbocycles. The van der Waals surface area contributed by atoms with E-state index in [1.165, 1.54) is 19.4 Å². The number of aliphatic carboxylic acids is 1. The monoisotopic (exact) mass is 816 g/mol. The van der Waals surface area contributed by atoms with Gasteiger partial charge in [0.2, 0.25) is 23.6 Å². The van der Waals surface area contributed by atoms with Gasteiger partial charge in [-0.3, -0.25) is 34.2 Å². The second-order valence-corrected chi connectivity index (χ2v) is 14.0. The molecule has 7 amide bonds. The highest BCUT2D eigenvalue weighted by Crippen LogP contribution is 2.19. The van der Waals surface area contributed by atoms with Crippen molar-refractivity contribution in [3.63, 3.8) is 0 Å². The Labute approximate surface area is 339 Å². The smallest absolute Gasteiger partial charge is 0.336 e. The standard InChI is InChI=1S/C39H52N12O8/c1-23(46-37(57)32(18-25-20-44-29-12-6-5-11-27(25)29)48-36(56)28(41)19-26-21-43-22-45-26)35(55)50-51(16-14-33(52)53)39(59)49-31(17-24-9-3-2-4-10-24)38(58)47-30(34(42)54)13-7-8-15-40/h2-6,9-12,20-23,28,30-32,44H,7-8,13-19,40-41H2,1H3,(H2,42,54)(H,43,45)(H,46,57)(H,47,58)(H,48,56)(H,49,59)(H,50,55)(H,52,53)/t23-,28-,30-,31+,32+/m0/s1. The number of primary amides is 1. The summed E-state index contributed by atoms with van der Waals surface area (Å²) in [6.45, 7) is 1.16. The summed E-state index contributed by atoms with van der Waals surface area (Å²) in [6, 6.07) is 8.99. The molecule has 0 bridgehead atoms. The molecule has 0 spiro atoms. The molecule has 0 fully saturated rings. The number of benzene rings is 2. The van der Waals surface area contributed by atoms with Crippen molar-refractivity contribution < 1.29 is 38.7 Å². The summed E-state index contributed by atoms with van der Waals surface area (Å²) in [5.74, 6) is -5.15. The molecule has 4 aromatic rings. The lowest BCUT2D eigenvalue weighted by Crippen LogP contribution is -2.61. The summed E-state index contributed by atoms with van der Waals surface area (Å²) in [7, 11) is 0. The number of imidazole rings is 1. The number of hydrogen-bond acceptors (Lipinski definition) is 10. The van der Waals surface area contributed by atoms with Crippen LogP contribution in [0.5, 0.6) is 0 Å². The van der Waals surface area contributed by atoms with Crippen LogP contribution < -0.4 is 43.9 Å². The fourth-order valence-electron chi connectivity index (χ4n) is 6.10. The quantitative estimate of drug-likeness (QED) is 0.0345. The summed E-state index contributed by atoms with van der Waals surface area (Å²) in [5, 5.41) is 21.3. The number of nitrogens with zero attached hydrogens (tertiary/aromatic N) is 2. The molecule has 0 radical (unpaired) electrons. The number of unbranched alkanes of at least 4 members (excludes halogenated alkanes) is 1. The Kier molecular flexibility index (Phi) is 16.9. The number of nitrogens with two attached hydrogens (primary N) is 3. The Balaban J connectivity index is 1.50. The van der Waals surface area contributed by atoms with E-state index in [4.69, 9.17) is 17.2 Å². The van der Waals surface area contributed by atoms with Gasteiger partial charge in [0, 0.05) is 48.3 Å². The zero-order valence-electron chi connectivity index (χ0n) is 32.6. The Morgan fingerprint density at radius 3 is 2.15 bits per heavy atom. The summed E-state index contributed by atoms with van der Waals surface area (Å²) in [5.41, 5.74) is 22.4. The van der Waals surface area contributed by atoms with Crippen molar-refractivity contribution in [2.75, 3.05) is 13.1 Å². The van der Waals surface area contributed by atoms with Crippen molar-refractivity contribution in [2.24, 2.45) is 17.2 Å². The van der Waals surface area contributed by atoms with Gasteiger partial charge in [0.15, 0.2) is 0 Å². The van der Waals surface area contributed by atoms with E-state index >= 15 is 0 Å². The first-order chi connectivity index (χ1) is 28.2. The number of aromatic nitrogens is 3. The lowest BCUT2D eigenvalue weighted by atomic mass is 10.0. The van der Waals surface area contributed by atoms with Crippen LogP contribution in [0.3, 0.4) is 0 Å². The van der Waals surface area contributed by atoms with Crippen molar-refractivity contribution in [1.29, 1.82) is 0 Å². The van der Waals surface area contributed by atoms with Gasteiger partial charge in [-0.2, -0.15) is 0 Å². The first-order valence-corrected chi connectivity index (χ1v) is 19.1. The summed E-state index contributed by atoms with van der Waals surface area (Å²) in [6.07, 6.45) is 5.43. The molecule has 4 rings (SSSR count). The number of urea groups is 1. The predicted molar refractivity (Wildman–Crippen MR) is 215 cm³/mol. The molecule has 316 valence electrons. The molecule has 0 saturated heterocycles. The molecule has 5 atom stereocenters. The van der Waals surface area contributed by atoms with Crippen LogP contribution in [0.15, 0.2) is 73.3 Å². The number of hydrazine groups is 1. The Morgan fingerprint density at radius 2 is 1.47 bits per heavy atom. The van der Waals surface area contributed by atoms with E-state index in [1.54, 1.807) is 36.5 Å².